The van der Waals surface area contributed by atoms with Crippen molar-refractivity contribution in [3.05, 3.63) is 28.8 Å². The third-order valence-electron chi connectivity index (χ3n) is 7.92. The highest BCUT2D eigenvalue weighted by atomic mass is 16.3. The van der Waals surface area contributed by atoms with Gasteiger partial charge in [0.05, 0.1) is 6.10 Å². The maximum absolute atomic E-state index is 10.5. The number of aromatic hydroxyl groups is 1. The number of hydrogen-bond donors (Lipinski definition) is 2. The summed E-state index contributed by atoms with van der Waals surface area (Å²) in [5.41, 5.74) is 4.23. The Labute approximate surface area is 152 Å². The molecule has 3 aliphatic carbocycles. The van der Waals surface area contributed by atoms with E-state index >= 15 is 0 Å². The van der Waals surface area contributed by atoms with E-state index < -0.39 is 0 Å². The van der Waals surface area contributed by atoms with Gasteiger partial charge in [0, 0.05) is 0 Å². The first kappa shape index (κ1) is 17.4. The predicted octanol–water partition coefficient (Wildman–Crippen LogP) is 5.34. The van der Waals surface area contributed by atoms with Crippen molar-refractivity contribution >= 4 is 0 Å². The zero-order valence-corrected chi connectivity index (χ0v) is 15.9. The van der Waals surface area contributed by atoms with Gasteiger partial charge in [-0.3, -0.25) is 0 Å². The zero-order chi connectivity index (χ0) is 17.6. The van der Waals surface area contributed by atoms with Gasteiger partial charge in [-0.1, -0.05) is 32.8 Å². The fraction of sp³-hybridized carbons (Fsp3) is 0.739. The van der Waals surface area contributed by atoms with E-state index in [0.717, 1.165) is 37.2 Å². The van der Waals surface area contributed by atoms with Crippen LogP contribution in [0.2, 0.25) is 0 Å². The number of aryl methyl sites for hydroxylation is 2. The number of hydrogen-bond acceptors (Lipinski definition) is 2. The van der Waals surface area contributed by atoms with E-state index in [-0.39, 0.29) is 11.5 Å². The number of benzene rings is 1. The number of aliphatic hydroxyl groups excluding tert-OH is 1. The Kier molecular flexibility index (Phi) is 4.60. The zero-order valence-electron chi connectivity index (χ0n) is 15.9. The molecule has 3 aliphatic rings. The van der Waals surface area contributed by atoms with Crippen molar-refractivity contribution in [1.29, 1.82) is 0 Å². The molecule has 0 aliphatic heterocycles. The molecule has 1 aromatic carbocycles. The van der Waals surface area contributed by atoms with Crippen LogP contribution in [0.25, 0.3) is 0 Å². The summed E-state index contributed by atoms with van der Waals surface area (Å²) < 4.78 is 0. The second kappa shape index (κ2) is 6.61. The number of phenols is 1. The number of unbranched alkanes of at least 4 members (excludes halogenated alkanes) is 2. The molecular formula is C23H34O2. The number of rotatable bonds is 4. The Hall–Kier alpha value is -1.02. The first-order chi connectivity index (χ1) is 12.0. The first-order valence-electron chi connectivity index (χ1n) is 10.6. The number of phenolic OH excluding ortho intramolecular Hbond substituents is 1. The average molecular weight is 343 g/mol. The van der Waals surface area contributed by atoms with Gasteiger partial charge >= 0.3 is 0 Å². The smallest absolute Gasteiger partial charge is 0.119 e. The van der Waals surface area contributed by atoms with Crippen LogP contribution in [-0.2, 0) is 12.8 Å². The van der Waals surface area contributed by atoms with Crippen LogP contribution in [0.4, 0.5) is 0 Å². The van der Waals surface area contributed by atoms with E-state index in [1.54, 1.807) is 0 Å². The lowest BCUT2D eigenvalue weighted by Gasteiger charge is -2.50. The van der Waals surface area contributed by atoms with Crippen LogP contribution < -0.4 is 0 Å². The lowest BCUT2D eigenvalue weighted by Crippen LogP contribution is -2.43. The van der Waals surface area contributed by atoms with Crippen molar-refractivity contribution in [1.82, 2.24) is 0 Å². The minimum absolute atomic E-state index is 0.0933. The lowest BCUT2D eigenvalue weighted by molar-refractivity contribution is -0.0226. The van der Waals surface area contributed by atoms with Gasteiger partial charge in [-0.15, -0.1) is 0 Å². The Morgan fingerprint density at radius 1 is 1.12 bits per heavy atom. The minimum Gasteiger partial charge on any atom is -0.508 e. The van der Waals surface area contributed by atoms with Crippen LogP contribution in [0.15, 0.2) is 12.1 Å². The van der Waals surface area contributed by atoms with E-state index in [9.17, 15) is 10.2 Å². The lowest BCUT2D eigenvalue weighted by atomic mass is 9.55. The fourth-order valence-corrected chi connectivity index (χ4v) is 6.39. The van der Waals surface area contributed by atoms with Gasteiger partial charge in [0.15, 0.2) is 0 Å². The molecule has 4 rings (SSSR count). The van der Waals surface area contributed by atoms with Crippen molar-refractivity contribution in [2.75, 3.05) is 0 Å². The van der Waals surface area contributed by atoms with Crippen molar-refractivity contribution in [3.63, 3.8) is 0 Å². The van der Waals surface area contributed by atoms with Crippen LogP contribution in [-0.4, -0.2) is 16.3 Å². The maximum atomic E-state index is 10.5. The van der Waals surface area contributed by atoms with E-state index in [1.165, 1.54) is 49.7 Å². The van der Waals surface area contributed by atoms with Gasteiger partial charge in [-0.2, -0.15) is 0 Å². The summed E-state index contributed by atoms with van der Waals surface area (Å²) in [5, 5.41) is 21.0. The van der Waals surface area contributed by atoms with Crippen molar-refractivity contribution in [2.45, 2.75) is 90.1 Å². The van der Waals surface area contributed by atoms with Crippen LogP contribution in [0.1, 0.15) is 87.8 Å². The van der Waals surface area contributed by atoms with Gasteiger partial charge < -0.3 is 10.2 Å². The molecule has 2 saturated carbocycles. The van der Waals surface area contributed by atoms with E-state index in [1.807, 2.05) is 0 Å². The van der Waals surface area contributed by atoms with Gasteiger partial charge in [-0.25, -0.2) is 0 Å². The van der Waals surface area contributed by atoms with Gasteiger partial charge in [0.25, 0.3) is 0 Å². The second-order valence-corrected chi connectivity index (χ2v) is 9.19. The highest BCUT2D eigenvalue weighted by molar-refractivity contribution is 5.45. The summed E-state index contributed by atoms with van der Waals surface area (Å²) in [5.74, 6) is 2.59. The molecule has 0 unspecified atom stereocenters. The molecule has 2 nitrogen and oxygen atoms in total. The molecule has 2 heteroatoms. The molecule has 25 heavy (non-hydrogen) atoms. The maximum Gasteiger partial charge on any atom is 0.119 e. The highest BCUT2D eigenvalue weighted by Gasteiger charge is 2.54. The monoisotopic (exact) mass is 342 g/mol. The summed E-state index contributed by atoms with van der Waals surface area (Å²) in [6.45, 7) is 4.57. The SMILES string of the molecule is CCCCCc1cc2c(cc1O)CC[C@@H]1[C@@H]2CC[C@]2(C)[C@@H](O)CC[C@@H]12. The molecule has 0 radical (unpaired) electrons. The molecule has 0 heterocycles. The molecule has 1 aromatic rings. The molecule has 0 aromatic heterocycles. The summed E-state index contributed by atoms with van der Waals surface area (Å²) in [6, 6.07) is 4.43. The molecule has 0 spiro atoms. The van der Waals surface area contributed by atoms with Crippen LogP contribution in [0.5, 0.6) is 5.75 Å². The summed E-state index contributed by atoms with van der Waals surface area (Å²) >= 11 is 0. The van der Waals surface area contributed by atoms with Crippen LogP contribution in [0, 0.1) is 17.3 Å². The quantitative estimate of drug-likeness (QED) is 0.725. The highest BCUT2D eigenvalue weighted by Crippen LogP contribution is 2.61. The fourth-order valence-electron chi connectivity index (χ4n) is 6.39. The standard InChI is InChI=1S/C23H34O2/c1-3-4-5-6-16-13-19-15(14-21(16)24)7-8-18-17(19)11-12-23(2)20(18)9-10-22(23)25/h13-14,17-18,20,22,24-25H,3-12H2,1-2H3/t17-,18+,20-,22-,23-/m0/s1. The molecule has 0 saturated heterocycles. The number of aliphatic hydroxyl groups is 1. The normalized spacial score (nSPS) is 36.6. The summed E-state index contributed by atoms with van der Waals surface area (Å²) in [7, 11) is 0. The molecule has 138 valence electrons. The van der Waals surface area contributed by atoms with E-state index in [0.29, 0.717) is 17.6 Å². The van der Waals surface area contributed by atoms with Gasteiger partial charge in [-0.05, 0) is 97.3 Å². The summed E-state index contributed by atoms with van der Waals surface area (Å²) in [6.07, 6.45) is 11.4. The van der Waals surface area contributed by atoms with E-state index in [2.05, 4.69) is 26.0 Å². The Balaban J connectivity index is 1.62. The first-order valence-corrected chi connectivity index (χ1v) is 10.6. The molecule has 0 amide bonds. The predicted molar refractivity (Wildman–Crippen MR) is 102 cm³/mol. The topological polar surface area (TPSA) is 40.5 Å². The second-order valence-electron chi connectivity index (χ2n) is 9.19. The molecule has 2 N–H and O–H groups in total. The van der Waals surface area contributed by atoms with Crippen molar-refractivity contribution in [3.8, 4) is 5.75 Å². The van der Waals surface area contributed by atoms with Crippen LogP contribution in [0.3, 0.4) is 0 Å². The third kappa shape index (κ3) is 2.81. The molecular weight excluding hydrogens is 308 g/mol. The molecule has 0 bridgehead atoms. The van der Waals surface area contributed by atoms with Gasteiger partial charge in [0.1, 0.15) is 5.75 Å². The Morgan fingerprint density at radius 3 is 2.76 bits per heavy atom. The molecule has 2 fully saturated rings. The molecule has 5 atom stereocenters. The van der Waals surface area contributed by atoms with Crippen molar-refractivity contribution in [2.24, 2.45) is 17.3 Å². The van der Waals surface area contributed by atoms with Crippen LogP contribution >= 0.6 is 0 Å². The van der Waals surface area contributed by atoms with E-state index in [4.69, 9.17) is 0 Å². The largest absolute Gasteiger partial charge is 0.508 e. The minimum atomic E-state index is -0.0933. The van der Waals surface area contributed by atoms with Crippen molar-refractivity contribution < 1.29 is 10.2 Å². The average Bonchev–Trinajstić information content (AvgIpc) is 2.91. The van der Waals surface area contributed by atoms with Gasteiger partial charge in [0.2, 0.25) is 0 Å². The Bertz CT molecular complexity index is 637. The Morgan fingerprint density at radius 2 is 1.96 bits per heavy atom. The summed E-state index contributed by atoms with van der Waals surface area (Å²) in [4.78, 5) is 0. The number of fused-ring (bicyclic) bond motifs is 5. The third-order valence-corrected chi connectivity index (χ3v) is 7.92.